The molecule has 0 spiro atoms. The van der Waals surface area contributed by atoms with Gasteiger partial charge in [-0.2, -0.15) is 74.6 Å². The number of esters is 1. The van der Waals surface area contributed by atoms with Crippen LogP contribution in [0, 0.1) is 0 Å². The fourth-order valence-electron chi connectivity index (χ4n) is 2.30. The first-order chi connectivity index (χ1) is 17.1. The van der Waals surface area contributed by atoms with Crippen LogP contribution < -0.4 is 4.74 Å². The second kappa shape index (κ2) is 9.79. The van der Waals surface area contributed by atoms with E-state index in [9.17, 15) is 84.5 Å². The van der Waals surface area contributed by atoms with Crippen LogP contribution in [0.5, 0.6) is 11.5 Å². The van der Waals surface area contributed by atoms with Crippen molar-refractivity contribution < 1.29 is 94.0 Å². The van der Waals surface area contributed by atoms with Crippen molar-refractivity contribution in [3.63, 3.8) is 0 Å². The van der Waals surface area contributed by atoms with Gasteiger partial charge in [0.15, 0.2) is 11.5 Å². The van der Waals surface area contributed by atoms with Crippen molar-refractivity contribution in [3.05, 3.63) is 36.4 Å². The first-order valence-corrected chi connectivity index (χ1v) is 9.08. The second-order valence-corrected chi connectivity index (χ2v) is 7.18. The van der Waals surface area contributed by atoms with Crippen LogP contribution in [-0.4, -0.2) is 58.9 Å². The molecule has 224 valence electrons. The molecule has 0 amide bonds. The zero-order valence-electron chi connectivity index (χ0n) is 17.8. The van der Waals surface area contributed by atoms with E-state index in [1.165, 1.54) is 0 Å². The molecule has 0 saturated heterocycles. The van der Waals surface area contributed by atoms with E-state index >= 15 is 0 Å². The smallest absolute Gasteiger partial charge is 0.471 e. The van der Waals surface area contributed by atoms with Gasteiger partial charge in [-0.1, -0.05) is 12.6 Å². The summed E-state index contributed by atoms with van der Waals surface area (Å²) >= 11 is 0. The van der Waals surface area contributed by atoms with Crippen LogP contribution in [0.15, 0.2) is 30.9 Å². The average Bonchev–Trinajstić information content (AvgIpc) is 2.77. The maximum absolute atomic E-state index is 13.9. The van der Waals surface area contributed by atoms with E-state index in [1.54, 1.807) is 0 Å². The van der Waals surface area contributed by atoms with Crippen molar-refractivity contribution in [1.29, 1.82) is 0 Å². The molecule has 0 atom stereocenters. The highest BCUT2D eigenvalue weighted by molar-refractivity contribution is 5.81. The predicted octanol–water partition coefficient (Wildman–Crippen LogP) is 6.97. The molecule has 1 N–H and O–H groups in total. The number of rotatable bonds is 11. The lowest BCUT2D eigenvalue weighted by Gasteiger charge is -2.42. The summed E-state index contributed by atoms with van der Waals surface area (Å²) in [5.74, 6) is -55.9. The Kier molecular flexibility index (Phi) is 8.50. The van der Waals surface area contributed by atoms with E-state index < -0.39 is 71.9 Å². The molecule has 0 aliphatic heterocycles. The third-order valence-electron chi connectivity index (χ3n) is 4.50. The average molecular weight is 612 g/mol. The van der Waals surface area contributed by atoms with Gasteiger partial charge in [0.2, 0.25) is 0 Å². The van der Waals surface area contributed by atoms with Crippen molar-refractivity contribution >= 4 is 5.97 Å². The van der Waals surface area contributed by atoms with Crippen LogP contribution >= 0.6 is 0 Å². The van der Waals surface area contributed by atoms with Gasteiger partial charge in [0.25, 0.3) is 0 Å². The van der Waals surface area contributed by atoms with Gasteiger partial charge < -0.3 is 14.6 Å². The van der Waals surface area contributed by atoms with Crippen molar-refractivity contribution in [3.8, 4) is 11.5 Å². The summed E-state index contributed by atoms with van der Waals surface area (Å²) in [4.78, 5) is 10.9. The minimum absolute atomic E-state index is 0.0132. The van der Waals surface area contributed by atoms with E-state index in [4.69, 9.17) is 0 Å². The molecule has 0 radical (unpaired) electrons. The Labute approximate surface area is 203 Å². The Hall–Kier alpha value is -3.16. The van der Waals surface area contributed by atoms with E-state index in [0.29, 0.717) is 12.1 Å². The SMILES string of the molecule is C=CC(=O)OCc1ccc(OC(F)(F)C(F)(F)C(F)(F)C(F)(F)C(F)(F)C(F)(F)C(F)(F)C(F)(F)F)c(O)c1. The van der Waals surface area contributed by atoms with Gasteiger partial charge in [-0.3, -0.25) is 0 Å². The number of alkyl halides is 17. The number of aromatic hydroxyl groups is 1. The van der Waals surface area contributed by atoms with E-state index in [1.807, 2.05) is 0 Å². The molecule has 0 bridgehead atoms. The molecule has 0 aliphatic carbocycles. The number of halogens is 17. The van der Waals surface area contributed by atoms with Crippen LogP contribution in [0.4, 0.5) is 74.6 Å². The maximum Gasteiger partial charge on any atom is 0.471 e. The third kappa shape index (κ3) is 5.22. The molecule has 0 saturated carbocycles. The van der Waals surface area contributed by atoms with E-state index in [0.717, 1.165) is 0 Å². The lowest BCUT2D eigenvalue weighted by atomic mass is 9.90. The quantitative estimate of drug-likeness (QED) is 0.167. The zero-order chi connectivity index (χ0) is 31.3. The lowest BCUT2D eigenvalue weighted by Crippen LogP contribution is -2.74. The highest BCUT2D eigenvalue weighted by Gasteiger charge is 2.95. The molecule has 1 aromatic rings. The molecule has 21 heteroatoms. The highest BCUT2D eigenvalue weighted by Crippen LogP contribution is 2.64. The minimum atomic E-state index is -8.77. The summed E-state index contributed by atoms with van der Waals surface area (Å²) in [6.07, 6.45) is -14.4. The minimum Gasteiger partial charge on any atom is -0.504 e. The summed E-state index contributed by atoms with van der Waals surface area (Å²) in [6.45, 7) is 2.18. The van der Waals surface area contributed by atoms with Crippen LogP contribution in [0.25, 0.3) is 0 Å². The summed E-state index contributed by atoms with van der Waals surface area (Å²) in [5, 5.41) is 9.50. The molecule has 4 nitrogen and oxygen atoms in total. The Bertz CT molecular complexity index is 1080. The summed E-state index contributed by atoms with van der Waals surface area (Å²) in [6, 6.07) is 0.764. The number of ether oxygens (including phenoxy) is 2. The lowest BCUT2D eigenvalue weighted by molar-refractivity contribution is -0.471. The maximum atomic E-state index is 13.9. The summed E-state index contributed by atoms with van der Waals surface area (Å²) in [5.41, 5.74) is -0.366. The zero-order valence-corrected chi connectivity index (χ0v) is 17.8. The largest absolute Gasteiger partial charge is 0.504 e. The van der Waals surface area contributed by atoms with E-state index in [-0.39, 0.29) is 17.7 Å². The number of benzene rings is 1. The topological polar surface area (TPSA) is 55.8 Å². The van der Waals surface area contributed by atoms with Crippen LogP contribution in [0.3, 0.4) is 0 Å². The highest BCUT2D eigenvalue weighted by atomic mass is 19.4. The Morgan fingerprint density at radius 3 is 1.51 bits per heavy atom. The molecule has 39 heavy (non-hydrogen) atoms. The summed E-state index contributed by atoms with van der Waals surface area (Å²) < 4.78 is 232. The second-order valence-electron chi connectivity index (χ2n) is 7.18. The van der Waals surface area contributed by atoms with Gasteiger partial charge in [-0.05, 0) is 17.7 Å². The standard InChI is InChI=1S/C18H9F17O4/c1-2-10(37)38-6-7-3-4-9(8(36)5-7)39-18(34,35)16(29,30)14(25,26)12(21,22)11(19,20)13(23,24)15(27,28)17(31,32)33/h2-5,36H,1,6H2. The Morgan fingerprint density at radius 1 is 0.718 bits per heavy atom. The fourth-order valence-corrected chi connectivity index (χ4v) is 2.30. The van der Waals surface area contributed by atoms with Gasteiger partial charge in [0, 0.05) is 6.08 Å². The summed E-state index contributed by atoms with van der Waals surface area (Å²) in [7, 11) is 0. The number of carbonyl (C=O) groups excluding carboxylic acids is 1. The van der Waals surface area contributed by atoms with Gasteiger partial charge in [0.05, 0.1) is 0 Å². The molecule has 0 aromatic heterocycles. The number of phenolic OH excluding ortho intramolecular Hbond substituents is 1. The van der Waals surface area contributed by atoms with Crippen molar-refractivity contribution in [2.45, 2.75) is 54.4 Å². The van der Waals surface area contributed by atoms with Gasteiger partial charge in [-0.25, -0.2) is 4.79 Å². The van der Waals surface area contributed by atoms with Crippen molar-refractivity contribution in [2.75, 3.05) is 0 Å². The fraction of sp³-hybridized carbons (Fsp3) is 0.500. The normalized spacial score (nSPS) is 14.7. The number of carbonyl (C=O) groups is 1. The van der Waals surface area contributed by atoms with E-state index in [2.05, 4.69) is 16.1 Å². The molecule has 0 unspecified atom stereocenters. The van der Waals surface area contributed by atoms with Gasteiger partial charge >= 0.3 is 53.8 Å². The van der Waals surface area contributed by atoms with Gasteiger partial charge in [0.1, 0.15) is 6.61 Å². The number of hydrogen-bond donors (Lipinski definition) is 1. The molecule has 0 heterocycles. The van der Waals surface area contributed by atoms with Crippen molar-refractivity contribution in [2.24, 2.45) is 0 Å². The van der Waals surface area contributed by atoms with Crippen LogP contribution in [-0.2, 0) is 16.1 Å². The molecule has 1 rings (SSSR count). The van der Waals surface area contributed by atoms with Crippen LogP contribution in [0.1, 0.15) is 5.56 Å². The number of hydrogen-bond acceptors (Lipinski definition) is 4. The molecular formula is C18H9F17O4. The molecule has 0 fully saturated rings. The van der Waals surface area contributed by atoms with Crippen molar-refractivity contribution in [1.82, 2.24) is 0 Å². The predicted molar refractivity (Wildman–Crippen MR) is 89.4 cm³/mol. The third-order valence-corrected chi connectivity index (χ3v) is 4.50. The van der Waals surface area contributed by atoms with Gasteiger partial charge in [-0.15, -0.1) is 0 Å². The first-order valence-electron chi connectivity index (χ1n) is 9.08. The first kappa shape index (κ1) is 33.9. The molecule has 0 aliphatic rings. The molecular weight excluding hydrogens is 603 g/mol. The Balaban J connectivity index is 3.49. The Morgan fingerprint density at radius 2 is 1.13 bits per heavy atom. The van der Waals surface area contributed by atoms with Crippen LogP contribution in [0.2, 0.25) is 0 Å². The number of phenols is 1. The monoisotopic (exact) mass is 612 g/mol. The molecule has 1 aromatic carbocycles.